The summed E-state index contributed by atoms with van der Waals surface area (Å²) in [5.74, 6) is 0.841. The quantitative estimate of drug-likeness (QED) is 0.887. The summed E-state index contributed by atoms with van der Waals surface area (Å²) in [6.07, 6.45) is 1.57. The first-order chi connectivity index (χ1) is 7.65. The molecule has 0 spiro atoms. The molecule has 84 valence electrons. The highest BCUT2D eigenvalue weighted by Gasteiger charge is 2.09. The van der Waals surface area contributed by atoms with Crippen molar-refractivity contribution in [3.8, 4) is 0 Å². The Morgan fingerprint density at radius 3 is 2.69 bits per heavy atom. The Kier molecular flexibility index (Phi) is 3.14. The molecule has 0 aliphatic heterocycles. The Morgan fingerprint density at radius 2 is 2.06 bits per heavy atom. The van der Waals surface area contributed by atoms with E-state index in [1.807, 2.05) is 19.9 Å². The average molecular weight is 234 g/mol. The Balaban J connectivity index is 2.10. The van der Waals surface area contributed by atoms with Gasteiger partial charge in [0.05, 0.1) is 6.04 Å². The molecule has 0 radical (unpaired) electrons. The van der Waals surface area contributed by atoms with Crippen LogP contribution in [0.25, 0.3) is 0 Å². The van der Waals surface area contributed by atoms with E-state index in [0.717, 1.165) is 22.2 Å². The van der Waals surface area contributed by atoms with Gasteiger partial charge < -0.3 is 5.32 Å². The highest BCUT2D eigenvalue weighted by molar-refractivity contribution is 7.09. The number of nitrogens with one attached hydrogen (secondary N) is 1. The molecule has 4 nitrogen and oxygen atoms in total. The minimum atomic E-state index is 0.174. The monoisotopic (exact) mass is 234 g/mol. The van der Waals surface area contributed by atoms with Gasteiger partial charge in [-0.2, -0.15) is 0 Å². The van der Waals surface area contributed by atoms with Crippen LogP contribution in [-0.2, 0) is 0 Å². The van der Waals surface area contributed by atoms with Gasteiger partial charge in [0.2, 0.25) is 0 Å². The molecule has 1 N–H and O–H groups in total. The standard InChI is InChI=1S/C11H14N4S/c1-7-4-10(13-6-12-7)15-9(3)11-14-8(2)5-16-11/h4-6,9H,1-3H3,(H,12,13,15). The summed E-state index contributed by atoms with van der Waals surface area (Å²) in [5, 5.41) is 6.44. The van der Waals surface area contributed by atoms with Crippen LogP contribution in [0.15, 0.2) is 17.8 Å². The Labute approximate surface area is 98.8 Å². The maximum Gasteiger partial charge on any atom is 0.130 e. The van der Waals surface area contributed by atoms with Crippen LogP contribution >= 0.6 is 11.3 Å². The van der Waals surface area contributed by atoms with E-state index in [1.54, 1.807) is 17.7 Å². The zero-order valence-electron chi connectivity index (χ0n) is 9.56. The predicted molar refractivity (Wildman–Crippen MR) is 65.7 cm³/mol. The van der Waals surface area contributed by atoms with Crippen molar-refractivity contribution in [2.75, 3.05) is 5.32 Å². The first kappa shape index (κ1) is 11.0. The van der Waals surface area contributed by atoms with Crippen molar-refractivity contribution in [2.45, 2.75) is 26.8 Å². The Morgan fingerprint density at radius 1 is 1.25 bits per heavy atom. The minimum absolute atomic E-state index is 0.174. The molecule has 16 heavy (non-hydrogen) atoms. The van der Waals surface area contributed by atoms with Gasteiger partial charge in [0.25, 0.3) is 0 Å². The van der Waals surface area contributed by atoms with Gasteiger partial charge in [-0.15, -0.1) is 11.3 Å². The maximum absolute atomic E-state index is 4.44. The van der Waals surface area contributed by atoms with Crippen molar-refractivity contribution >= 4 is 17.2 Å². The topological polar surface area (TPSA) is 50.7 Å². The molecule has 2 aromatic rings. The Hall–Kier alpha value is -1.49. The van der Waals surface area contributed by atoms with Crippen molar-refractivity contribution in [3.63, 3.8) is 0 Å². The molecule has 0 fully saturated rings. The summed E-state index contributed by atoms with van der Waals surface area (Å²) in [7, 11) is 0. The number of hydrogen-bond donors (Lipinski definition) is 1. The lowest BCUT2D eigenvalue weighted by atomic mass is 10.3. The highest BCUT2D eigenvalue weighted by Crippen LogP contribution is 2.21. The van der Waals surface area contributed by atoms with Crippen LogP contribution in [0.3, 0.4) is 0 Å². The van der Waals surface area contributed by atoms with Gasteiger partial charge in [0, 0.05) is 22.8 Å². The van der Waals surface area contributed by atoms with Crippen molar-refractivity contribution in [2.24, 2.45) is 0 Å². The van der Waals surface area contributed by atoms with Gasteiger partial charge in [0.1, 0.15) is 17.2 Å². The number of hydrogen-bond acceptors (Lipinski definition) is 5. The molecule has 5 heteroatoms. The fourth-order valence-electron chi connectivity index (χ4n) is 1.39. The van der Waals surface area contributed by atoms with E-state index < -0.39 is 0 Å². The van der Waals surface area contributed by atoms with Crippen LogP contribution < -0.4 is 5.32 Å². The van der Waals surface area contributed by atoms with Gasteiger partial charge in [0.15, 0.2) is 0 Å². The molecule has 0 aromatic carbocycles. The lowest BCUT2D eigenvalue weighted by molar-refractivity contribution is 0.852. The van der Waals surface area contributed by atoms with Crippen molar-refractivity contribution in [1.29, 1.82) is 0 Å². The maximum atomic E-state index is 4.44. The fraction of sp³-hybridized carbons (Fsp3) is 0.364. The van der Waals surface area contributed by atoms with Gasteiger partial charge in [-0.1, -0.05) is 0 Å². The van der Waals surface area contributed by atoms with Gasteiger partial charge >= 0.3 is 0 Å². The largest absolute Gasteiger partial charge is 0.361 e. The van der Waals surface area contributed by atoms with Crippen LogP contribution in [0.4, 0.5) is 5.82 Å². The van der Waals surface area contributed by atoms with Gasteiger partial charge in [-0.25, -0.2) is 15.0 Å². The molecule has 2 aromatic heterocycles. The summed E-state index contributed by atoms with van der Waals surface area (Å²) in [5.41, 5.74) is 2.02. The average Bonchev–Trinajstić information content (AvgIpc) is 2.65. The second kappa shape index (κ2) is 4.57. The molecule has 0 bridgehead atoms. The SMILES string of the molecule is Cc1cc(NC(C)c2nc(C)cs2)ncn1. The molecule has 0 saturated carbocycles. The zero-order chi connectivity index (χ0) is 11.5. The molecule has 2 rings (SSSR count). The molecule has 0 amide bonds. The molecule has 0 saturated heterocycles. The smallest absolute Gasteiger partial charge is 0.130 e. The van der Waals surface area contributed by atoms with Gasteiger partial charge in [-0.3, -0.25) is 0 Å². The van der Waals surface area contributed by atoms with E-state index in [-0.39, 0.29) is 6.04 Å². The van der Waals surface area contributed by atoms with Crippen molar-refractivity contribution in [3.05, 3.63) is 34.2 Å². The lowest BCUT2D eigenvalue weighted by Gasteiger charge is -2.11. The molecule has 0 aliphatic carbocycles. The van der Waals surface area contributed by atoms with Crippen molar-refractivity contribution < 1.29 is 0 Å². The summed E-state index contributed by atoms with van der Waals surface area (Å²) in [6.45, 7) is 6.03. The third kappa shape index (κ3) is 2.55. The van der Waals surface area contributed by atoms with E-state index in [2.05, 4.69) is 32.6 Å². The molecule has 1 atom stereocenters. The number of anilines is 1. The van der Waals surface area contributed by atoms with Crippen LogP contribution in [0.2, 0.25) is 0 Å². The van der Waals surface area contributed by atoms with E-state index in [0.29, 0.717) is 0 Å². The summed E-state index contributed by atoms with van der Waals surface area (Å²) >= 11 is 1.66. The number of nitrogens with zero attached hydrogens (tertiary/aromatic N) is 3. The summed E-state index contributed by atoms with van der Waals surface area (Å²) < 4.78 is 0. The summed E-state index contributed by atoms with van der Waals surface area (Å²) in [4.78, 5) is 12.7. The molecule has 0 aliphatic rings. The third-order valence-electron chi connectivity index (χ3n) is 2.18. The second-order valence-electron chi connectivity index (χ2n) is 3.74. The van der Waals surface area contributed by atoms with E-state index in [4.69, 9.17) is 0 Å². The number of aromatic nitrogens is 3. The minimum Gasteiger partial charge on any atom is -0.361 e. The Bertz CT molecular complexity index is 480. The van der Waals surface area contributed by atoms with E-state index >= 15 is 0 Å². The highest BCUT2D eigenvalue weighted by atomic mass is 32.1. The van der Waals surface area contributed by atoms with E-state index in [1.165, 1.54) is 0 Å². The first-order valence-corrected chi connectivity index (χ1v) is 6.00. The number of aryl methyl sites for hydroxylation is 2. The normalized spacial score (nSPS) is 12.4. The van der Waals surface area contributed by atoms with E-state index in [9.17, 15) is 0 Å². The number of thiazole rings is 1. The zero-order valence-corrected chi connectivity index (χ0v) is 10.4. The third-order valence-corrected chi connectivity index (χ3v) is 3.32. The predicted octanol–water partition coefficient (Wildman–Crippen LogP) is 2.72. The van der Waals surface area contributed by atoms with Crippen LogP contribution in [0.1, 0.15) is 29.4 Å². The second-order valence-corrected chi connectivity index (χ2v) is 4.63. The number of rotatable bonds is 3. The van der Waals surface area contributed by atoms with Crippen LogP contribution in [0.5, 0.6) is 0 Å². The molecular weight excluding hydrogens is 220 g/mol. The first-order valence-electron chi connectivity index (χ1n) is 5.12. The van der Waals surface area contributed by atoms with Crippen LogP contribution in [-0.4, -0.2) is 15.0 Å². The van der Waals surface area contributed by atoms with Crippen molar-refractivity contribution in [1.82, 2.24) is 15.0 Å². The van der Waals surface area contributed by atoms with Gasteiger partial charge in [-0.05, 0) is 20.8 Å². The summed E-state index contributed by atoms with van der Waals surface area (Å²) in [6, 6.07) is 2.10. The molecule has 1 unspecified atom stereocenters. The molecular formula is C11H14N4S. The van der Waals surface area contributed by atoms with Crippen LogP contribution in [0, 0.1) is 13.8 Å². The fourth-order valence-corrected chi connectivity index (χ4v) is 2.19. The lowest BCUT2D eigenvalue weighted by Crippen LogP contribution is -2.08. The molecule has 2 heterocycles.